The van der Waals surface area contributed by atoms with E-state index in [0.29, 0.717) is 5.82 Å². The molecule has 0 aliphatic carbocycles. The lowest BCUT2D eigenvalue weighted by Crippen LogP contribution is -2.18. The molecule has 2 aromatic heterocycles. The minimum absolute atomic E-state index is 0.00435. The van der Waals surface area contributed by atoms with Crippen molar-refractivity contribution in [2.75, 3.05) is 11.5 Å². The largest absolute Gasteiger partial charge is 0.368 e. The molecule has 0 saturated heterocycles. The molecule has 0 aliphatic heterocycles. The van der Waals surface area contributed by atoms with Crippen LogP contribution in [0.3, 0.4) is 0 Å². The van der Waals surface area contributed by atoms with Crippen LogP contribution < -0.4 is 11.5 Å². The monoisotopic (exact) mass is 303 g/mol. The van der Waals surface area contributed by atoms with Gasteiger partial charge in [-0.1, -0.05) is 33.1 Å². The van der Waals surface area contributed by atoms with Gasteiger partial charge in [-0.25, -0.2) is 4.98 Å². The molecule has 4 N–H and O–H groups in total. The van der Waals surface area contributed by atoms with Crippen LogP contribution in [0.25, 0.3) is 0 Å². The van der Waals surface area contributed by atoms with Gasteiger partial charge in [0.1, 0.15) is 5.82 Å². The van der Waals surface area contributed by atoms with Crippen LogP contribution in [0.15, 0.2) is 6.20 Å². The van der Waals surface area contributed by atoms with Gasteiger partial charge in [0, 0.05) is 12.6 Å². The Morgan fingerprint density at radius 3 is 2.32 bits per heavy atom. The minimum atomic E-state index is -0.00435. The molecule has 0 bridgehead atoms. The molecule has 2 aromatic rings. The van der Waals surface area contributed by atoms with Gasteiger partial charge in [-0.05, 0) is 13.3 Å². The first-order valence-corrected chi connectivity index (χ1v) is 7.86. The summed E-state index contributed by atoms with van der Waals surface area (Å²) in [7, 11) is 0. The number of aromatic nitrogens is 5. The Kier molecular flexibility index (Phi) is 5.30. The van der Waals surface area contributed by atoms with Crippen LogP contribution in [0, 0.1) is 6.92 Å². The minimum Gasteiger partial charge on any atom is -0.368 e. The van der Waals surface area contributed by atoms with E-state index >= 15 is 0 Å². The highest BCUT2D eigenvalue weighted by Crippen LogP contribution is 2.25. The Bertz CT molecular complexity index is 600. The van der Waals surface area contributed by atoms with E-state index in [9.17, 15) is 0 Å². The second-order valence-electron chi connectivity index (χ2n) is 5.48. The summed E-state index contributed by atoms with van der Waals surface area (Å²) in [5.41, 5.74) is 12.5. The second-order valence-corrected chi connectivity index (χ2v) is 5.48. The van der Waals surface area contributed by atoms with Crippen molar-refractivity contribution in [1.29, 1.82) is 0 Å². The Balaban J connectivity index is 2.41. The molecule has 0 amide bonds. The van der Waals surface area contributed by atoms with Crippen LogP contribution in [-0.4, -0.2) is 24.5 Å². The average molecular weight is 303 g/mol. The molecule has 120 valence electrons. The van der Waals surface area contributed by atoms with Crippen LogP contribution in [0.2, 0.25) is 0 Å². The lowest BCUT2D eigenvalue weighted by atomic mass is 10.1. The van der Waals surface area contributed by atoms with Gasteiger partial charge in [0.2, 0.25) is 11.9 Å². The molecule has 0 fully saturated rings. The van der Waals surface area contributed by atoms with Crippen LogP contribution in [0.5, 0.6) is 0 Å². The molecule has 0 aliphatic rings. The molecule has 2 heterocycles. The Morgan fingerprint density at radius 2 is 1.73 bits per heavy atom. The van der Waals surface area contributed by atoms with E-state index in [0.717, 1.165) is 37.2 Å². The topological polar surface area (TPSA) is 109 Å². The Hall–Kier alpha value is -2.18. The van der Waals surface area contributed by atoms with Gasteiger partial charge >= 0.3 is 0 Å². The molecule has 0 saturated carbocycles. The van der Waals surface area contributed by atoms with Crippen molar-refractivity contribution in [2.45, 2.75) is 58.9 Å². The first-order valence-electron chi connectivity index (χ1n) is 7.86. The van der Waals surface area contributed by atoms with Crippen LogP contribution in [0.1, 0.15) is 62.9 Å². The fraction of sp³-hybridized carbons (Fsp3) is 0.600. The first kappa shape index (κ1) is 16.2. The third-order valence-electron chi connectivity index (χ3n) is 3.65. The highest BCUT2D eigenvalue weighted by atomic mass is 15.2. The van der Waals surface area contributed by atoms with E-state index in [1.54, 1.807) is 0 Å². The second kappa shape index (κ2) is 7.20. The van der Waals surface area contributed by atoms with Gasteiger partial charge in [-0.15, -0.1) is 0 Å². The lowest BCUT2D eigenvalue weighted by molar-refractivity contribution is 0.470. The summed E-state index contributed by atoms with van der Waals surface area (Å²) >= 11 is 0. The van der Waals surface area contributed by atoms with Gasteiger partial charge in [0.05, 0.1) is 11.7 Å². The van der Waals surface area contributed by atoms with Crippen molar-refractivity contribution in [1.82, 2.24) is 24.5 Å². The van der Waals surface area contributed by atoms with Crippen molar-refractivity contribution < 1.29 is 0 Å². The SMILES string of the molecule is CCCCCC(c1nc(N)nc(N)n1)n1cc(C)nc1CC. The summed E-state index contributed by atoms with van der Waals surface area (Å²) in [6.45, 7) is 6.28. The van der Waals surface area contributed by atoms with Gasteiger partial charge in [0.15, 0.2) is 5.82 Å². The molecule has 0 aromatic carbocycles. The number of nitrogen functional groups attached to an aromatic ring is 2. The predicted octanol–water partition coefficient (Wildman–Crippen LogP) is 2.27. The maximum absolute atomic E-state index is 5.74. The van der Waals surface area contributed by atoms with E-state index in [1.807, 2.05) is 13.1 Å². The number of nitrogens with two attached hydrogens (primary N) is 2. The summed E-state index contributed by atoms with van der Waals surface area (Å²) in [5.74, 6) is 1.97. The predicted molar refractivity (Wildman–Crippen MR) is 87.3 cm³/mol. The summed E-state index contributed by atoms with van der Waals surface area (Å²) in [4.78, 5) is 17.0. The number of imidazole rings is 1. The maximum atomic E-state index is 5.74. The van der Waals surface area contributed by atoms with Gasteiger partial charge < -0.3 is 16.0 Å². The summed E-state index contributed by atoms with van der Waals surface area (Å²) in [6.07, 6.45) is 7.26. The lowest BCUT2D eigenvalue weighted by Gasteiger charge is -2.19. The zero-order chi connectivity index (χ0) is 16.1. The smallest absolute Gasteiger partial charge is 0.225 e. The van der Waals surface area contributed by atoms with Crippen molar-refractivity contribution >= 4 is 11.9 Å². The number of unbranched alkanes of at least 4 members (excludes halogenated alkanes) is 2. The van der Waals surface area contributed by atoms with Crippen LogP contribution in [-0.2, 0) is 6.42 Å². The maximum Gasteiger partial charge on any atom is 0.225 e. The molecule has 0 radical (unpaired) electrons. The van der Waals surface area contributed by atoms with Gasteiger partial charge in [-0.3, -0.25) is 0 Å². The van der Waals surface area contributed by atoms with Gasteiger partial charge in [-0.2, -0.15) is 15.0 Å². The van der Waals surface area contributed by atoms with Crippen molar-refractivity contribution in [3.05, 3.63) is 23.5 Å². The van der Waals surface area contributed by atoms with Crippen molar-refractivity contribution in [3.8, 4) is 0 Å². The summed E-state index contributed by atoms with van der Waals surface area (Å²) in [5, 5.41) is 0. The summed E-state index contributed by atoms with van der Waals surface area (Å²) in [6, 6.07) is -0.00435. The number of hydrogen-bond acceptors (Lipinski definition) is 6. The van der Waals surface area contributed by atoms with Crippen LogP contribution in [0.4, 0.5) is 11.9 Å². The fourth-order valence-electron chi connectivity index (χ4n) is 2.65. The van der Waals surface area contributed by atoms with Crippen LogP contribution >= 0.6 is 0 Å². The molecular formula is C15H25N7. The van der Waals surface area contributed by atoms with E-state index < -0.39 is 0 Å². The molecule has 2 rings (SSSR count). The highest BCUT2D eigenvalue weighted by molar-refractivity contribution is 5.27. The van der Waals surface area contributed by atoms with Crippen molar-refractivity contribution in [3.63, 3.8) is 0 Å². The first-order chi connectivity index (χ1) is 10.5. The molecule has 1 unspecified atom stereocenters. The Labute approximate surface area is 131 Å². The third kappa shape index (κ3) is 3.72. The molecule has 22 heavy (non-hydrogen) atoms. The number of rotatable bonds is 7. The number of nitrogens with zero attached hydrogens (tertiary/aromatic N) is 5. The van der Waals surface area contributed by atoms with E-state index in [2.05, 4.69) is 38.4 Å². The third-order valence-corrected chi connectivity index (χ3v) is 3.65. The molecular weight excluding hydrogens is 278 g/mol. The molecule has 7 heteroatoms. The molecule has 1 atom stereocenters. The Morgan fingerprint density at radius 1 is 1.05 bits per heavy atom. The standard InChI is InChI=1S/C15H25N7/c1-4-6-7-8-11(13-19-14(16)21-15(17)20-13)22-9-10(3)18-12(22)5-2/h9,11H,4-8H2,1-3H3,(H4,16,17,19,20,21). The van der Waals surface area contributed by atoms with Gasteiger partial charge in [0.25, 0.3) is 0 Å². The quantitative estimate of drug-likeness (QED) is 0.759. The van der Waals surface area contributed by atoms with E-state index in [-0.39, 0.29) is 17.9 Å². The number of hydrogen-bond donors (Lipinski definition) is 2. The van der Waals surface area contributed by atoms with E-state index in [1.165, 1.54) is 6.42 Å². The molecule has 7 nitrogen and oxygen atoms in total. The normalized spacial score (nSPS) is 12.5. The van der Waals surface area contributed by atoms with Crippen molar-refractivity contribution in [2.24, 2.45) is 0 Å². The molecule has 0 spiro atoms. The zero-order valence-electron chi connectivity index (χ0n) is 13.6. The number of anilines is 2. The van der Waals surface area contributed by atoms with E-state index in [4.69, 9.17) is 11.5 Å². The highest BCUT2D eigenvalue weighted by Gasteiger charge is 2.21. The average Bonchev–Trinajstić information content (AvgIpc) is 2.83. The fourth-order valence-corrected chi connectivity index (χ4v) is 2.65. The zero-order valence-corrected chi connectivity index (χ0v) is 13.6. The number of aryl methyl sites for hydroxylation is 2. The summed E-state index contributed by atoms with van der Waals surface area (Å²) < 4.78 is 2.15.